The van der Waals surface area contributed by atoms with Crippen LogP contribution in [0.15, 0.2) is 23.2 Å². The maximum Gasteiger partial charge on any atom is 0.191 e. The van der Waals surface area contributed by atoms with Crippen molar-refractivity contribution in [3.63, 3.8) is 0 Å². The van der Waals surface area contributed by atoms with E-state index in [1.165, 1.54) is 5.56 Å². The van der Waals surface area contributed by atoms with Crippen LogP contribution in [0, 0.1) is 0 Å². The molecule has 8 nitrogen and oxygen atoms in total. The Bertz CT molecular complexity index is 718. The van der Waals surface area contributed by atoms with E-state index in [4.69, 9.17) is 14.2 Å². The predicted octanol–water partition coefficient (Wildman–Crippen LogP) is 2.17. The molecule has 0 saturated carbocycles. The first-order valence-electron chi connectivity index (χ1n) is 11.2. The van der Waals surface area contributed by atoms with Crippen molar-refractivity contribution in [3.8, 4) is 11.5 Å². The van der Waals surface area contributed by atoms with Crippen molar-refractivity contribution in [2.45, 2.75) is 38.4 Å². The van der Waals surface area contributed by atoms with Gasteiger partial charge in [0.25, 0.3) is 0 Å². The lowest BCUT2D eigenvalue weighted by molar-refractivity contribution is -0.00834. The largest absolute Gasteiger partial charge is 0.497 e. The van der Waals surface area contributed by atoms with Crippen LogP contribution in [0.5, 0.6) is 11.5 Å². The molecule has 1 aromatic carbocycles. The van der Waals surface area contributed by atoms with E-state index in [0.717, 1.165) is 76.4 Å². The van der Waals surface area contributed by atoms with E-state index in [1.54, 1.807) is 14.2 Å². The molecule has 2 heterocycles. The van der Waals surface area contributed by atoms with Crippen LogP contribution >= 0.6 is 24.0 Å². The van der Waals surface area contributed by atoms with Crippen molar-refractivity contribution >= 4 is 29.9 Å². The summed E-state index contributed by atoms with van der Waals surface area (Å²) >= 11 is 0. The van der Waals surface area contributed by atoms with Crippen LogP contribution in [0.25, 0.3) is 0 Å². The number of rotatable bonds is 8. The van der Waals surface area contributed by atoms with Gasteiger partial charge in [0.15, 0.2) is 5.96 Å². The molecule has 0 aromatic heterocycles. The number of ether oxygens (including phenoxy) is 3. The highest BCUT2D eigenvalue weighted by Crippen LogP contribution is 2.24. The van der Waals surface area contributed by atoms with Gasteiger partial charge in [-0.2, -0.15) is 0 Å². The van der Waals surface area contributed by atoms with Crippen LogP contribution < -0.4 is 20.1 Å². The highest BCUT2D eigenvalue weighted by atomic mass is 127. The number of benzene rings is 1. The molecule has 2 fully saturated rings. The number of halogens is 1. The average Bonchev–Trinajstić information content (AvgIpc) is 3.23. The lowest BCUT2D eigenvalue weighted by Gasteiger charge is -2.41. The quantitative estimate of drug-likeness (QED) is 0.287. The highest BCUT2D eigenvalue weighted by molar-refractivity contribution is 14.0. The number of methoxy groups -OCH3 is 2. The fourth-order valence-corrected chi connectivity index (χ4v) is 4.28. The van der Waals surface area contributed by atoms with Crippen molar-refractivity contribution in [2.24, 2.45) is 4.99 Å². The van der Waals surface area contributed by atoms with Gasteiger partial charge < -0.3 is 24.8 Å². The second kappa shape index (κ2) is 12.8. The zero-order valence-corrected chi connectivity index (χ0v) is 22.5. The third kappa shape index (κ3) is 7.64. The Morgan fingerprint density at radius 1 is 1.12 bits per heavy atom. The zero-order valence-electron chi connectivity index (χ0n) is 20.1. The molecule has 0 amide bonds. The molecular formula is C23H40IN5O3. The van der Waals surface area contributed by atoms with Gasteiger partial charge in [-0.25, -0.2) is 0 Å². The second-order valence-electron chi connectivity index (χ2n) is 8.92. The third-order valence-electron chi connectivity index (χ3n) is 6.21. The van der Waals surface area contributed by atoms with Gasteiger partial charge in [-0.3, -0.25) is 14.8 Å². The first-order valence-corrected chi connectivity index (χ1v) is 11.2. The van der Waals surface area contributed by atoms with E-state index < -0.39 is 0 Å². The number of hydrogen-bond donors (Lipinski definition) is 2. The molecule has 182 valence electrons. The van der Waals surface area contributed by atoms with E-state index in [0.29, 0.717) is 6.04 Å². The molecule has 0 spiro atoms. The lowest BCUT2D eigenvalue weighted by Crippen LogP contribution is -2.57. The molecular weight excluding hydrogens is 521 g/mol. The first-order chi connectivity index (χ1) is 14.9. The maximum atomic E-state index is 5.49. The monoisotopic (exact) mass is 561 g/mol. The molecule has 0 aliphatic carbocycles. The van der Waals surface area contributed by atoms with Gasteiger partial charge >= 0.3 is 0 Å². The third-order valence-corrected chi connectivity index (χ3v) is 6.21. The summed E-state index contributed by atoms with van der Waals surface area (Å²) in [5.41, 5.74) is 1.25. The minimum atomic E-state index is 0. The Kier molecular flexibility index (Phi) is 10.8. The van der Waals surface area contributed by atoms with Gasteiger partial charge in [0.1, 0.15) is 11.5 Å². The van der Waals surface area contributed by atoms with Crippen LogP contribution in [0.1, 0.15) is 25.8 Å². The number of nitrogens with zero attached hydrogens (tertiary/aromatic N) is 3. The second-order valence-corrected chi connectivity index (χ2v) is 8.92. The van der Waals surface area contributed by atoms with Gasteiger partial charge in [0, 0.05) is 64.0 Å². The molecule has 2 aliphatic rings. The van der Waals surface area contributed by atoms with Crippen LogP contribution in [-0.4, -0.2) is 94.5 Å². The fraction of sp³-hybridized carbons (Fsp3) is 0.696. The molecule has 3 rings (SSSR count). The number of hydrogen-bond acceptors (Lipinski definition) is 6. The smallest absolute Gasteiger partial charge is 0.191 e. The van der Waals surface area contributed by atoms with Crippen LogP contribution in [0.4, 0.5) is 0 Å². The topological polar surface area (TPSA) is 70.6 Å². The van der Waals surface area contributed by atoms with Gasteiger partial charge in [-0.15, -0.1) is 24.0 Å². The Hall–Kier alpha value is -1.30. The molecule has 2 saturated heterocycles. The average molecular weight is 562 g/mol. The summed E-state index contributed by atoms with van der Waals surface area (Å²) in [7, 11) is 5.22. The summed E-state index contributed by atoms with van der Waals surface area (Å²) in [6.45, 7) is 11.9. The van der Waals surface area contributed by atoms with E-state index in [-0.39, 0.29) is 29.5 Å². The normalized spacial score (nSPS) is 20.5. The minimum Gasteiger partial charge on any atom is -0.497 e. The lowest BCUT2D eigenvalue weighted by atomic mass is 10.0. The number of guanidine groups is 1. The molecule has 2 N–H and O–H groups in total. The molecule has 32 heavy (non-hydrogen) atoms. The summed E-state index contributed by atoms with van der Waals surface area (Å²) in [4.78, 5) is 9.39. The predicted molar refractivity (Wildman–Crippen MR) is 140 cm³/mol. The Balaban J connectivity index is 0.00000363. The van der Waals surface area contributed by atoms with Gasteiger partial charge in [-0.1, -0.05) is 0 Å². The number of morpholine rings is 1. The molecule has 1 unspecified atom stereocenters. The van der Waals surface area contributed by atoms with Gasteiger partial charge in [0.05, 0.1) is 27.4 Å². The van der Waals surface area contributed by atoms with E-state index in [1.807, 2.05) is 13.1 Å². The summed E-state index contributed by atoms with van der Waals surface area (Å²) in [6.07, 6.45) is 1.09. The molecule has 0 bridgehead atoms. The van der Waals surface area contributed by atoms with Gasteiger partial charge in [0.2, 0.25) is 0 Å². The number of likely N-dealkylation sites (tertiary alicyclic amines) is 1. The fourth-order valence-electron chi connectivity index (χ4n) is 4.28. The van der Waals surface area contributed by atoms with Crippen LogP contribution in [0.3, 0.4) is 0 Å². The molecule has 0 radical (unpaired) electrons. The van der Waals surface area contributed by atoms with Crippen molar-refractivity contribution in [3.05, 3.63) is 23.8 Å². The van der Waals surface area contributed by atoms with E-state index in [2.05, 4.69) is 51.4 Å². The Morgan fingerprint density at radius 3 is 2.38 bits per heavy atom. The number of nitrogens with one attached hydrogen (secondary N) is 2. The Morgan fingerprint density at radius 2 is 1.78 bits per heavy atom. The minimum absolute atomic E-state index is 0. The summed E-state index contributed by atoms with van der Waals surface area (Å²) in [5.74, 6) is 2.53. The summed E-state index contributed by atoms with van der Waals surface area (Å²) < 4.78 is 16.3. The standard InChI is InChI=1S/C23H39N5O3.HI/c1-23(2,28-8-10-31-11-9-28)17-25-22(24-3)26-19-6-7-27(16-19)15-18-12-20(29-4)14-21(13-18)30-5;/h12-14,19H,6-11,15-17H2,1-5H3,(H2,24,25,26);1H. The highest BCUT2D eigenvalue weighted by Gasteiger charge is 2.29. The van der Waals surface area contributed by atoms with Crippen molar-refractivity contribution in [1.82, 2.24) is 20.4 Å². The summed E-state index contributed by atoms with van der Waals surface area (Å²) in [6, 6.07) is 6.45. The van der Waals surface area contributed by atoms with E-state index >= 15 is 0 Å². The molecule has 1 aromatic rings. The maximum absolute atomic E-state index is 5.49. The Labute approximate surface area is 210 Å². The van der Waals surface area contributed by atoms with Crippen LogP contribution in [0.2, 0.25) is 0 Å². The van der Waals surface area contributed by atoms with E-state index in [9.17, 15) is 0 Å². The summed E-state index contributed by atoms with van der Waals surface area (Å²) in [5, 5.41) is 7.14. The zero-order chi connectivity index (χ0) is 22.3. The molecule has 1 atom stereocenters. The van der Waals surface area contributed by atoms with Crippen LogP contribution in [-0.2, 0) is 11.3 Å². The molecule has 9 heteroatoms. The number of aliphatic imine (C=N–C) groups is 1. The van der Waals surface area contributed by atoms with Crippen molar-refractivity contribution in [2.75, 3.05) is 67.2 Å². The van der Waals surface area contributed by atoms with Crippen molar-refractivity contribution < 1.29 is 14.2 Å². The SMILES string of the molecule is CN=C(NCC(C)(C)N1CCOCC1)NC1CCN(Cc2cc(OC)cc(OC)c2)C1.I. The van der Waals surface area contributed by atoms with Crippen molar-refractivity contribution in [1.29, 1.82) is 0 Å². The first kappa shape index (κ1) is 26.9. The van der Waals surface area contributed by atoms with Gasteiger partial charge in [-0.05, 0) is 38.0 Å². The molecule has 2 aliphatic heterocycles.